The van der Waals surface area contributed by atoms with E-state index in [1.54, 1.807) is 0 Å². The molecule has 0 N–H and O–H groups in total. The van der Waals surface area contributed by atoms with Crippen LogP contribution in [-0.4, -0.2) is 49.0 Å². The third kappa shape index (κ3) is 1.92. The Kier molecular flexibility index (Phi) is 2.63. The van der Waals surface area contributed by atoms with Crippen molar-refractivity contribution in [1.29, 1.82) is 0 Å². The lowest BCUT2D eigenvalue weighted by atomic mass is 10.0. The lowest BCUT2D eigenvalue weighted by Gasteiger charge is -2.38. The van der Waals surface area contributed by atoms with Gasteiger partial charge in [0.1, 0.15) is 5.49 Å². The standard InChI is InChI=1S/C7H13N2S/c1-8(2)3-7-4-9(5-7)6-10/h7H,3-5H2,1-2H3. The fraction of sp³-hybridized carbons (Fsp3) is 0.857. The molecule has 1 fully saturated rings. The van der Waals surface area contributed by atoms with Gasteiger partial charge < -0.3 is 9.80 Å². The third-order valence-corrected chi connectivity index (χ3v) is 1.97. The molecule has 10 heavy (non-hydrogen) atoms. The van der Waals surface area contributed by atoms with Crippen molar-refractivity contribution in [3.05, 3.63) is 0 Å². The molecule has 0 bridgehead atoms. The van der Waals surface area contributed by atoms with Gasteiger partial charge in [0.2, 0.25) is 0 Å². The fourth-order valence-corrected chi connectivity index (χ4v) is 1.43. The molecule has 0 aromatic heterocycles. The van der Waals surface area contributed by atoms with Crippen LogP contribution in [0.15, 0.2) is 0 Å². The van der Waals surface area contributed by atoms with E-state index in [0.29, 0.717) is 0 Å². The van der Waals surface area contributed by atoms with Crippen LogP contribution >= 0.6 is 12.2 Å². The first-order valence-corrected chi connectivity index (χ1v) is 3.90. The average Bonchev–Trinajstić information content (AvgIpc) is 1.76. The SMILES string of the molecule is CN(C)CC1CN([C]=S)C1. The lowest BCUT2D eigenvalue weighted by Crippen LogP contribution is -2.49. The minimum absolute atomic E-state index is 0.811. The van der Waals surface area contributed by atoms with Crippen LogP contribution in [0.1, 0.15) is 0 Å². The van der Waals surface area contributed by atoms with E-state index < -0.39 is 0 Å². The Morgan fingerprint density at radius 3 is 2.60 bits per heavy atom. The minimum atomic E-state index is 0.811. The monoisotopic (exact) mass is 157 g/mol. The molecule has 3 heteroatoms. The molecule has 1 aliphatic heterocycles. The zero-order valence-electron chi connectivity index (χ0n) is 6.50. The van der Waals surface area contributed by atoms with E-state index >= 15 is 0 Å². The van der Waals surface area contributed by atoms with Crippen LogP contribution < -0.4 is 0 Å². The molecular weight excluding hydrogens is 144 g/mol. The summed E-state index contributed by atoms with van der Waals surface area (Å²) in [6.07, 6.45) is 0. The van der Waals surface area contributed by atoms with E-state index in [-0.39, 0.29) is 0 Å². The summed E-state index contributed by atoms with van der Waals surface area (Å²) < 4.78 is 0. The second-order valence-electron chi connectivity index (χ2n) is 3.12. The van der Waals surface area contributed by atoms with Crippen LogP contribution in [-0.2, 0) is 0 Å². The lowest BCUT2D eigenvalue weighted by molar-refractivity contribution is 0.157. The van der Waals surface area contributed by atoms with Gasteiger partial charge in [-0.3, -0.25) is 0 Å². The van der Waals surface area contributed by atoms with E-state index in [1.165, 1.54) is 6.54 Å². The van der Waals surface area contributed by atoms with Gasteiger partial charge in [-0.25, -0.2) is 0 Å². The first-order valence-electron chi connectivity index (χ1n) is 3.50. The van der Waals surface area contributed by atoms with Crippen LogP contribution in [0.4, 0.5) is 0 Å². The van der Waals surface area contributed by atoms with Gasteiger partial charge in [-0.05, 0) is 14.1 Å². The van der Waals surface area contributed by atoms with E-state index in [0.717, 1.165) is 19.0 Å². The summed E-state index contributed by atoms with van der Waals surface area (Å²) in [5.74, 6) is 0.811. The molecule has 0 aromatic rings. The quantitative estimate of drug-likeness (QED) is 0.545. The van der Waals surface area contributed by atoms with Crippen LogP contribution in [0.2, 0.25) is 0 Å². The predicted octanol–water partition coefficient (Wildman–Crippen LogP) is 0.314. The van der Waals surface area contributed by atoms with Gasteiger partial charge in [0, 0.05) is 25.6 Å². The largest absolute Gasteiger partial charge is 0.360 e. The van der Waals surface area contributed by atoms with Gasteiger partial charge in [-0.1, -0.05) is 12.2 Å². The van der Waals surface area contributed by atoms with Gasteiger partial charge in [0.05, 0.1) is 0 Å². The molecule has 1 rings (SSSR count). The van der Waals surface area contributed by atoms with Gasteiger partial charge in [0.15, 0.2) is 0 Å². The number of hydrogen-bond donors (Lipinski definition) is 0. The van der Waals surface area contributed by atoms with Crippen LogP contribution in [0.25, 0.3) is 0 Å². The Labute approximate surface area is 67.8 Å². The van der Waals surface area contributed by atoms with Gasteiger partial charge in [-0.2, -0.15) is 0 Å². The molecule has 0 aliphatic carbocycles. The number of rotatable bonds is 3. The fourth-order valence-electron chi connectivity index (χ4n) is 1.28. The third-order valence-electron chi connectivity index (χ3n) is 1.71. The van der Waals surface area contributed by atoms with Gasteiger partial charge in [-0.15, -0.1) is 0 Å². The second kappa shape index (κ2) is 3.30. The molecule has 0 atom stereocenters. The molecule has 57 valence electrons. The summed E-state index contributed by atoms with van der Waals surface area (Å²) in [6, 6.07) is 0. The molecule has 1 saturated heterocycles. The van der Waals surface area contributed by atoms with E-state index in [9.17, 15) is 0 Å². The number of likely N-dealkylation sites (tertiary alicyclic amines) is 1. The highest BCUT2D eigenvalue weighted by Crippen LogP contribution is 2.13. The summed E-state index contributed by atoms with van der Waals surface area (Å²) in [7, 11) is 4.20. The van der Waals surface area contributed by atoms with Crippen molar-refractivity contribution in [2.45, 2.75) is 0 Å². The number of thiocarbonyl (C=S) groups is 1. The second-order valence-corrected chi connectivity index (χ2v) is 3.31. The van der Waals surface area contributed by atoms with Crippen LogP contribution in [0, 0.1) is 5.92 Å². The maximum Gasteiger partial charge on any atom is 0.136 e. The summed E-state index contributed by atoms with van der Waals surface area (Å²) in [5, 5.41) is 0. The van der Waals surface area contributed by atoms with Gasteiger partial charge in [0.25, 0.3) is 0 Å². The Hall–Kier alpha value is -0.150. The molecule has 0 amide bonds. The predicted molar refractivity (Wildman–Crippen MR) is 46.2 cm³/mol. The van der Waals surface area contributed by atoms with E-state index in [4.69, 9.17) is 0 Å². The van der Waals surface area contributed by atoms with Crippen molar-refractivity contribution in [1.82, 2.24) is 9.80 Å². The van der Waals surface area contributed by atoms with Crippen molar-refractivity contribution in [2.75, 3.05) is 33.7 Å². The van der Waals surface area contributed by atoms with E-state index in [2.05, 4.69) is 36.7 Å². The Bertz CT molecular complexity index is 119. The van der Waals surface area contributed by atoms with Crippen molar-refractivity contribution < 1.29 is 0 Å². The van der Waals surface area contributed by atoms with Crippen molar-refractivity contribution in [2.24, 2.45) is 5.92 Å². The molecule has 1 aliphatic rings. The molecule has 2 nitrogen and oxygen atoms in total. The van der Waals surface area contributed by atoms with Crippen LogP contribution in [0.5, 0.6) is 0 Å². The first kappa shape index (κ1) is 7.95. The highest BCUT2D eigenvalue weighted by molar-refractivity contribution is 7.78. The zero-order chi connectivity index (χ0) is 7.56. The first-order chi connectivity index (χ1) is 4.72. The summed E-state index contributed by atoms with van der Waals surface area (Å²) in [5.41, 5.74) is 2.70. The maximum absolute atomic E-state index is 4.65. The van der Waals surface area contributed by atoms with Crippen LogP contribution in [0.3, 0.4) is 0 Å². The molecule has 1 heterocycles. The van der Waals surface area contributed by atoms with Gasteiger partial charge >= 0.3 is 0 Å². The molecule has 0 saturated carbocycles. The van der Waals surface area contributed by atoms with E-state index in [1.807, 2.05) is 4.90 Å². The molecule has 0 aromatic carbocycles. The maximum atomic E-state index is 4.65. The molecule has 1 radical (unpaired) electrons. The Morgan fingerprint density at radius 2 is 2.20 bits per heavy atom. The molecular formula is C7H13N2S. The smallest absolute Gasteiger partial charge is 0.136 e. The molecule has 0 spiro atoms. The molecule has 0 unspecified atom stereocenters. The summed E-state index contributed by atoms with van der Waals surface area (Å²) in [4.78, 5) is 4.26. The average molecular weight is 157 g/mol. The Morgan fingerprint density at radius 1 is 1.60 bits per heavy atom. The van der Waals surface area contributed by atoms with Crippen molar-refractivity contribution in [3.63, 3.8) is 0 Å². The minimum Gasteiger partial charge on any atom is -0.360 e. The highest BCUT2D eigenvalue weighted by Gasteiger charge is 2.24. The van der Waals surface area contributed by atoms with Crippen molar-refractivity contribution in [3.8, 4) is 0 Å². The van der Waals surface area contributed by atoms with Crippen molar-refractivity contribution >= 4 is 17.7 Å². The zero-order valence-corrected chi connectivity index (χ0v) is 7.32. The summed E-state index contributed by atoms with van der Waals surface area (Å²) >= 11 is 4.65. The normalized spacial score (nSPS) is 19.3. The number of hydrogen-bond acceptors (Lipinski definition) is 2. The Balaban J connectivity index is 2.08. The highest BCUT2D eigenvalue weighted by atomic mass is 32.1. The summed E-state index contributed by atoms with van der Waals surface area (Å²) in [6.45, 7) is 3.37. The topological polar surface area (TPSA) is 6.48 Å². The number of nitrogens with zero attached hydrogens (tertiary/aromatic N) is 2.